The van der Waals surface area contributed by atoms with Gasteiger partial charge < -0.3 is 0 Å². The number of alkyl halides is 1. The molecule has 1 atom stereocenters. The van der Waals surface area contributed by atoms with Crippen LogP contribution in [0.15, 0.2) is 17.9 Å². The van der Waals surface area contributed by atoms with Crippen molar-refractivity contribution in [3.8, 4) is 0 Å². The zero-order valence-corrected chi connectivity index (χ0v) is 14.7. The Morgan fingerprint density at radius 1 is 1.08 bits per heavy atom. The second-order valence-electron chi connectivity index (χ2n) is 2.73. The number of hydrogen-bond donors (Lipinski definition) is 0. The van der Waals surface area contributed by atoms with Gasteiger partial charge in [0.05, 0.1) is 0 Å². The Hall–Kier alpha value is 1.88. The molecule has 0 heterocycles. The van der Waals surface area contributed by atoms with E-state index < -0.39 is 0 Å². The van der Waals surface area contributed by atoms with Crippen molar-refractivity contribution in [2.75, 3.05) is 0 Å². The maximum Gasteiger partial charge on any atom is 0.0433 e. The van der Waals surface area contributed by atoms with E-state index in [1.54, 1.807) is 0 Å². The molecule has 0 spiro atoms. The van der Waals surface area contributed by atoms with Crippen LogP contribution in [0.2, 0.25) is 0 Å². The maximum atomic E-state index is 3.67. The molecule has 1 unspecified atom stereocenters. The van der Waals surface area contributed by atoms with Gasteiger partial charge in [0.15, 0.2) is 0 Å². The summed E-state index contributed by atoms with van der Waals surface area (Å²) in [7, 11) is 0. The second kappa shape index (κ2) is 5.28. The highest BCUT2D eigenvalue weighted by Crippen LogP contribution is 2.51. The van der Waals surface area contributed by atoms with Gasteiger partial charge in [0, 0.05) is 28.7 Å². The summed E-state index contributed by atoms with van der Waals surface area (Å²) in [6, 6.07) is 0. The van der Waals surface area contributed by atoms with E-state index in [1.807, 2.05) is 0 Å². The van der Waals surface area contributed by atoms with Crippen molar-refractivity contribution < 1.29 is 0 Å². The molecule has 0 radical (unpaired) electrons. The third-order valence-electron chi connectivity index (χ3n) is 1.91. The SMILES string of the molecule is CCC(Br)C1C(Br)=C(Br)C(Br)=C1Br. The molecule has 74 valence electrons. The van der Waals surface area contributed by atoms with E-state index in [0.29, 0.717) is 10.7 Å². The number of hydrogen-bond acceptors (Lipinski definition) is 0. The molecule has 0 aromatic heterocycles. The van der Waals surface area contributed by atoms with Gasteiger partial charge in [-0.05, 0) is 38.3 Å². The van der Waals surface area contributed by atoms with Gasteiger partial charge in [-0.1, -0.05) is 54.7 Å². The zero-order valence-electron chi connectivity index (χ0n) is 6.75. The van der Waals surface area contributed by atoms with Crippen LogP contribution in [0.4, 0.5) is 0 Å². The molecule has 0 amide bonds. The fourth-order valence-electron chi connectivity index (χ4n) is 1.15. The van der Waals surface area contributed by atoms with Crippen molar-refractivity contribution in [1.82, 2.24) is 0 Å². The van der Waals surface area contributed by atoms with Crippen LogP contribution in [0.5, 0.6) is 0 Å². The van der Waals surface area contributed by atoms with Crippen LogP contribution in [0.3, 0.4) is 0 Å². The third kappa shape index (κ3) is 2.52. The van der Waals surface area contributed by atoms with Crippen molar-refractivity contribution in [3.05, 3.63) is 17.9 Å². The molecule has 1 aliphatic rings. The monoisotopic (exact) mass is 498 g/mol. The van der Waals surface area contributed by atoms with Gasteiger partial charge in [-0.2, -0.15) is 0 Å². The summed E-state index contributed by atoms with van der Waals surface area (Å²) < 4.78 is 4.58. The van der Waals surface area contributed by atoms with Gasteiger partial charge in [0.1, 0.15) is 0 Å². The van der Waals surface area contributed by atoms with Crippen LogP contribution in [0.25, 0.3) is 0 Å². The summed E-state index contributed by atoms with van der Waals surface area (Å²) in [5, 5.41) is 0. The van der Waals surface area contributed by atoms with E-state index in [4.69, 9.17) is 0 Å². The predicted molar refractivity (Wildman–Crippen MR) is 76.3 cm³/mol. The Balaban J connectivity index is 3.02. The highest BCUT2D eigenvalue weighted by atomic mass is 79.9. The van der Waals surface area contributed by atoms with E-state index in [0.717, 1.165) is 15.4 Å². The molecule has 1 aliphatic carbocycles. The van der Waals surface area contributed by atoms with Crippen molar-refractivity contribution >= 4 is 79.6 Å². The quantitative estimate of drug-likeness (QED) is 0.419. The van der Waals surface area contributed by atoms with Crippen molar-refractivity contribution in [2.24, 2.45) is 5.92 Å². The highest BCUT2D eigenvalue weighted by Gasteiger charge is 2.33. The van der Waals surface area contributed by atoms with E-state index in [-0.39, 0.29) is 0 Å². The Morgan fingerprint density at radius 3 is 1.77 bits per heavy atom. The molecule has 0 saturated carbocycles. The average molecular weight is 503 g/mol. The summed E-state index contributed by atoms with van der Waals surface area (Å²) in [4.78, 5) is 0.457. The molecule has 5 heteroatoms. The van der Waals surface area contributed by atoms with E-state index in [9.17, 15) is 0 Å². The summed E-state index contributed by atoms with van der Waals surface area (Å²) in [6.45, 7) is 2.17. The molecular weight excluding hydrogens is 496 g/mol. The molecule has 0 N–H and O–H groups in total. The molecule has 0 bridgehead atoms. The van der Waals surface area contributed by atoms with Crippen molar-refractivity contribution in [3.63, 3.8) is 0 Å². The van der Waals surface area contributed by atoms with Crippen LogP contribution in [-0.4, -0.2) is 4.83 Å². The Morgan fingerprint density at radius 2 is 1.46 bits per heavy atom. The van der Waals surface area contributed by atoms with Crippen LogP contribution in [0, 0.1) is 5.92 Å². The Labute approximate surface area is 120 Å². The van der Waals surface area contributed by atoms with Gasteiger partial charge in [-0.25, -0.2) is 0 Å². The first-order valence-electron chi connectivity index (χ1n) is 3.75. The van der Waals surface area contributed by atoms with E-state index in [1.165, 1.54) is 8.96 Å². The van der Waals surface area contributed by atoms with Crippen molar-refractivity contribution in [1.29, 1.82) is 0 Å². The zero-order chi connectivity index (χ0) is 10.2. The molecule has 0 saturated heterocycles. The van der Waals surface area contributed by atoms with Crippen LogP contribution in [0.1, 0.15) is 13.3 Å². The molecule has 0 aliphatic heterocycles. The minimum Gasteiger partial charge on any atom is -0.0880 e. The minimum absolute atomic E-state index is 0.383. The fraction of sp³-hybridized carbons (Fsp3) is 0.500. The lowest BCUT2D eigenvalue weighted by Gasteiger charge is -2.17. The molecule has 13 heavy (non-hydrogen) atoms. The lowest BCUT2D eigenvalue weighted by atomic mass is 10.1. The first kappa shape index (κ1) is 12.9. The Bertz CT molecular complexity index is 254. The number of allylic oxidation sites excluding steroid dienone is 4. The smallest absolute Gasteiger partial charge is 0.0433 e. The van der Waals surface area contributed by atoms with Crippen LogP contribution >= 0.6 is 79.6 Å². The molecule has 0 aromatic rings. The molecule has 1 rings (SSSR count). The van der Waals surface area contributed by atoms with Crippen LogP contribution in [-0.2, 0) is 0 Å². The summed E-state index contributed by atoms with van der Waals surface area (Å²) >= 11 is 17.9. The van der Waals surface area contributed by atoms with Crippen molar-refractivity contribution in [2.45, 2.75) is 18.2 Å². The van der Waals surface area contributed by atoms with E-state index >= 15 is 0 Å². The number of halogens is 5. The minimum atomic E-state index is 0.383. The second-order valence-corrected chi connectivity index (χ2v) is 7.20. The lowest BCUT2D eigenvalue weighted by Crippen LogP contribution is -2.11. The summed E-state index contributed by atoms with van der Waals surface area (Å²) in [5.74, 6) is 0.383. The fourth-order valence-corrected chi connectivity index (χ4v) is 5.64. The lowest BCUT2D eigenvalue weighted by molar-refractivity contribution is 0.718. The first-order valence-corrected chi connectivity index (χ1v) is 7.84. The molecule has 0 nitrogen and oxygen atoms in total. The van der Waals surface area contributed by atoms with Gasteiger partial charge >= 0.3 is 0 Å². The number of rotatable bonds is 2. The van der Waals surface area contributed by atoms with Gasteiger partial charge in [-0.15, -0.1) is 0 Å². The van der Waals surface area contributed by atoms with E-state index in [2.05, 4.69) is 86.6 Å². The van der Waals surface area contributed by atoms with Gasteiger partial charge in [-0.3, -0.25) is 0 Å². The standard InChI is InChI=1S/C8H7Br5/c1-2-3(9)4-5(10)7(12)8(13)6(4)11/h3-4H,2H2,1H3. The molecule has 0 aromatic carbocycles. The highest BCUT2D eigenvalue weighted by molar-refractivity contribution is 9.17. The maximum absolute atomic E-state index is 3.67. The predicted octanol–water partition coefficient (Wildman–Crippen LogP) is 5.79. The average Bonchev–Trinajstić information content (AvgIpc) is 2.30. The Kier molecular flexibility index (Phi) is 5.26. The molecule has 0 fully saturated rings. The normalized spacial score (nSPS) is 21.7. The largest absolute Gasteiger partial charge is 0.0880 e. The summed E-state index contributed by atoms with van der Waals surface area (Å²) in [5.41, 5.74) is 0. The van der Waals surface area contributed by atoms with Gasteiger partial charge in [0.25, 0.3) is 0 Å². The topological polar surface area (TPSA) is 0 Å². The first-order chi connectivity index (χ1) is 6.00. The molecular formula is C8H7Br5. The van der Waals surface area contributed by atoms with Crippen LogP contribution < -0.4 is 0 Å². The van der Waals surface area contributed by atoms with Gasteiger partial charge in [0.2, 0.25) is 0 Å². The third-order valence-corrected chi connectivity index (χ3v) is 8.11. The summed E-state index contributed by atoms with van der Waals surface area (Å²) in [6.07, 6.45) is 1.09.